The van der Waals surface area contributed by atoms with Crippen molar-refractivity contribution in [2.24, 2.45) is 5.92 Å². The number of halogens is 2. The van der Waals surface area contributed by atoms with Crippen LogP contribution in [-0.2, 0) is 5.41 Å². The lowest BCUT2D eigenvalue weighted by Crippen LogP contribution is -2.29. The number of anilines is 1. The van der Waals surface area contributed by atoms with E-state index in [4.69, 9.17) is 23.2 Å². The molecule has 1 nitrogen and oxygen atoms in total. The maximum absolute atomic E-state index is 6.52. The van der Waals surface area contributed by atoms with Crippen molar-refractivity contribution >= 4 is 28.9 Å². The lowest BCUT2D eigenvalue weighted by Gasteiger charge is -2.38. The first-order chi connectivity index (χ1) is 11.8. The van der Waals surface area contributed by atoms with Crippen molar-refractivity contribution in [3.8, 4) is 0 Å². The van der Waals surface area contributed by atoms with Crippen LogP contribution < -0.4 is 5.32 Å². The van der Waals surface area contributed by atoms with Crippen molar-refractivity contribution < 1.29 is 0 Å². The van der Waals surface area contributed by atoms with Crippen LogP contribution >= 0.6 is 23.2 Å². The first kappa shape index (κ1) is 17.0. The topological polar surface area (TPSA) is 12.0 Å². The van der Waals surface area contributed by atoms with Crippen molar-refractivity contribution in [3.63, 3.8) is 0 Å². The summed E-state index contributed by atoms with van der Waals surface area (Å²) in [7, 11) is 0. The van der Waals surface area contributed by atoms with E-state index in [1.54, 1.807) is 0 Å². The van der Waals surface area contributed by atoms with E-state index in [1.165, 1.54) is 16.7 Å². The smallest absolute Gasteiger partial charge is 0.0553 e. The van der Waals surface area contributed by atoms with Gasteiger partial charge < -0.3 is 5.32 Å². The molecule has 4 rings (SSSR count). The van der Waals surface area contributed by atoms with Crippen molar-refractivity contribution in [1.29, 1.82) is 0 Å². The minimum Gasteiger partial charge on any atom is -0.378 e. The Balaban J connectivity index is 1.74. The molecule has 1 aliphatic heterocycles. The largest absolute Gasteiger partial charge is 0.378 e. The zero-order chi connectivity index (χ0) is 17.8. The van der Waals surface area contributed by atoms with Gasteiger partial charge in [0.15, 0.2) is 0 Å². The summed E-state index contributed by atoms with van der Waals surface area (Å²) < 4.78 is 0. The number of hydrogen-bond donors (Lipinski definition) is 1. The zero-order valence-corrected chi connectivity index (χ0v) is 16.3. The second-order valence-corrected chi connectivity index (χ2v) is 9.04. The third-order valence-electron chi connectivity index (χ3n) is 5.52. The fraction of sp³-hybridized carbons (Fsp3) is 0.364. The van der Waals surface area contributed by atoms with Gasteiger partial charge in [-0.05, 0) is 41.0 Å². The number of hydrogen-bond acceptors (Lipinski definition) is 1. The van der Waals surface area contributed by atoms with Gasteiger partial charge in [-0.15, -0.1) is 0 Å². The fourth-order valence-corrected chi connectivity index (χ4v) is 4.78. The van der Waals surface area contributed by atoms with Crippen molar-refractivity contribution in [2.75, 3.05) is 5.32 Å². The average molecular weight is 372 g/mol. The molecule has 0 bridgehead atoms. The van der Waals surface area contributed by atoms with Gasteiger partial charge in [0, 0.05) is 27.2 Å². The van der Waals surface area contributed by atoms with Gasteiger partial charge in [-0.25, -0.2) is 0 Å². The van der Waals surface area contributed by atoms with Crippen LogP contribution in [0.3, 0.4) is 0 Å². The van der Waals surface area contributed by atoms with E-state index in [2.05, 4.69) is 62.5 Å². The Morgan fingerprint density at radius 3 is 2.44 bits per heavy atom. The third-order valence-corrected chi connectivity index (χ3v) is 6.05. The summed E-state index contributed by atoms with van der Waals surface area (Å²) in [5.41, 5.74) is 5.11. The Morgan fingerprint density at radius 1 is 1.04 bits per heavy atom. The normalized spacial score (nSPS) is 24.6. The van der Waals surface area contributed by atoms with E-state index in [9.17, 15) is 0 Å². The molecule has 0 unspecified atom stereocenters. The van der Waals surface area contributed by atoms with Crippen LogP contribution in [0.1, 0.15) is 55.8 Å². The Morgan fingerprint density at radius 2 is 1.76 bits per heavy atom. The Hall–Kier alpha value is -1.44. The number of rotatable bonds is 1. The van der Waals surface area contributed by atoms with Gasteiger partial charge in [0.1, 0.15) is 0 Å². The first-order valence-corrected chi connectivity index (χ1v) is 9.63. The first-order valence-electron chi connectivity index (χ1n) is 8.87. The lowest BCUT2D eigenvalue weighted by atomic mass is 9.76. The predicted octanol–water partition coefficient (Wildman–Crippen LogP) is 7.12. The number of nitrogens with one attached hydrogen (secondary N) is 1. The highest BCUT2D eigenvalue weighted by atomic mass is 35.5. The second-order valence-electron chi connectivity index (χ2n) is 8.20. The van der Waals surface area contributed by atoms with E-state index >= 15 is 0 Å². The monoisotopic (exact) mass is 371 g/mol. The van der Waals surface area contributed by atoms with E-state index in [1.807, 2.05) is 12.1 Å². The van der Waals surface area contributed by atoms with Gasteiger partial charge in [-0.3, -0.25) is 0 Å². The van der Waals surface area contributed by atoms with Crippen LogP contribution in [-0.4, -0.2) is 0 Å². The summed E-state index contributed by atoms with van der Waals surface area (Å²) in [6.07, 6.45) is 5.66. The number of benzene rings is 2. The molecule has 0 saturated heterocycles. The molecule has 0 amide bonds. The molecule has 0 aromatic heterocycles. The molecule has 2 aliphatic rings. The summed E-state index contributed by atoms with van der Waals surface area (Å²) >= 11 is 12.8. The summed E-state index contributed by atoms with van der Waals surface area (Å²) in [6.45, 7) is 6.74. The summed E-state index contributed by atoms with van der Waals surface area (Å²) in [4.78, 5) is 0. The molecule has 2 aromatic carbocycles. The van der Waals surface area contributed by atoms with Crippen molar-refractivity contribution in [3.05, 3.63) is 75.3 Å². The minimum atomic E-state index is 0.170. The van der Waals surface area contributed by atoms with Gasteiger partial charge in [0.05, 0.1) is 6.04 Å². The maximum Gasteiger partial charge on any atom is 0.0553 e. The maximum atomic E-state index is 6.52. The Labute approximate surface area is 160 Å². The molecule has 0 fully saturated rings. The highest BCUT2D eigenvalue weighted by Gasteiger charge is 2.39. The molecule has 0 spiro atoms. The molecule has 0 saturated carbocycles. The van der Waals surface area contributed by atoms with Gasteiger partial charge >= 0.3 is 0 Å². The zero-order valence-electron chi connectivity index (χ0n) is 14.8. The summed E-state index contributed by atoms with van der Waals surface area (Å²) in [6, 6.07) is 13.2. The van der Waals surface area contributed by atoms with E-state index in [0.29, 0.717) is 16.9 Å². The highest BCUT2D eigenvalue weighted by molar-refractivity contribution is 6.35. The Bertz CT molecular complexity index is 830. The van der Waals surface area contributed by atoms with Crippen LogP contribution in [0.15, 0.2) is 48.6 Å². The molecule has 0 radical (unpaired) electrons. The van der Waals surface area contributed by atoms with Gasteiger partial charge in [0.2, 0.25) is 0 Å². The molecule has 3 atom stereocenters. The van der Waals surface area contributed by atoms with Crippen LogP contribution in [0.25, 0.3) is 0 Å². The summed E-state index contributed by atoms with van der Waals surface area (Å²) in [5, 5.41) is 5.16. The molecule has 3 heteroatoms. The number of allylic oxidation sites excluding steroid dienone is 2. The molecule has 1 N–H and O–H groups in total. The molecule has 1 aliphatic carbocycles. The van der Waals surface area contributed by atoms with Crippen molar-refractivity contribution in [1.82, 2.24) is 0 Å². The van der Waals surface area contributed by atoms with Crippen LogP contribution in [0.4, 0.5) is 5.69 Å². The van der Waals surface area contributed by atoms with Crippen LogP contribution in [0.5, 0.6) is 0 Å². The molecular weight excluding hydrogens is 349 g/mol. The molecule has 130 valence electrons. The molecule has 2 aromatic rings. The molecule has 1 heterocycles. The third kappa shape index (κ3) is 2.98. The summed E-state index contributed by atoms with van der Waals surface area (Å²) in [5.74, 6) is 0.847. The van der Waals surface area contributed by atoms with Crippen LogP contribution in [0, 0.1) is 5.92 Å². The SMILES string of the molecule is CC(C)(C)c1ccc([C@@H]2Nc3cc(Cl)cc(Cl)c3[C@H]3C=CC[C@H]32)cc1. The van der Waals surface area contributed by atoms with Crippen LogP contribution in [0.2, 0.25) is 10.0 Å². The fourth-order valence-electron chi connectivity index (χ4n) is 4.16. The molecule has 25 heavy (non-hydrogen) atoms. The van der Waals surface area contributed by atoms with Gasteiger partial charge in [-0.1, -0.05) is 80.4 Å². The molecular formula is C22H23Cl2N. The predicted molar refractivity (Wildman–Crippen MR) is 108 cm³/mol. The average Bonchev–Trinajstić information content (AvgIpc) is 3.02. The quantitative estimate of drug-likeness (QED) is 0.526. The van der Waals surface area contributed by atoms with Gasteiger partial charge in [0.25, 0.3) is 0 Å². The lowest BCUT2D eigenvalue weighted by molar-refractivity contribution is 0.425. The van der Waals surface area contributed by atoms with E-state index in [0.717, 1.165) is 17.1 Å². The standard InChI is InChI=1S/C22H23Cl2N/c1-22(2,3)14-9-7-13(8-10-14)21-17-6-4-5-16(17)20-18(24)11-15(23)12-19(20)25-21/h4-5,7-12,16-17,21,25H,6H2,1-3H3/t16-,17+,21-/m0/s1. The van der Waals surface area contributed by atoms with E-state index < -0.39 is 0 Å². The van der Waals surface area contributed by atoms with Crippen molar-refractivity contribution in [2.45, 2.75) is 44.6 Å². The minimum absolute atomic E-state index is 0.170. The highest BCUT2D eigenvalue weighted by Crippen LogP contribution is 2.52. The number of fused-ring (bicyclic) bond motifs is 3. The Kier molecular flexibility index (Phi) is 4.13. The van der Waals surface area contributed by atoms with Gasteiger partial charge in [-0.2, -0.15) is 0 Å². The second kappa shape index (κ2) is 6.07. The van der Waals surface area contributed by atoms with E-state index in [-0.39, 0.29) is 11.5 Å².